The third-order valence-electron chi connectivity index (χ3n) is 3.33. The van der Waals surface area contributed by atoms with Gasteiger partial charge in [-0.15, -0.1) is 0 Å². The summed E-state index contributed by atoms with van der Waals surface area (Å²) in [6, 6.07) is 6.50. The maximum absolute atomic E-state index is 13.4. The standard InChI is InChI=1S/C16H21FN4/c1-4-9-18-15-14(5-2)16(20-11-19-15)21(3)13-8-6-7-12(17)10-13/h6-8,10-11H,4-5,9H2,1-3H3,(H,18,19,20). The molecule has 0 aliphatic rings. The summed E-state index contributed by atoms with van der Waals surface area (Å²) in [5.74, 6) is 1.40. The van der Waals surface area contributed by atoms with Gasteiger partial charge in [0.15, 0.2) is 0 Å². The van der Waals surface area contributed by atoms with Crippen molar-refractivity contribution in [1.82, 2.24) is 9.97 Å². The van der Waals surface area contributed by atoms with Crippen molar-refractivity contribution >= 4 is 17.3 Å². The topological polar surface area (TPSA) is 41.1 Å². The number of rotatable bonds is 6. The summed E-state index contributed by atoms with van der Waals surface area (Å²) in [6.07, 6.45) is 3.38. The minimum atomic E-state index is -0.254. The first-order valence-electron chi connectivity index (χ1n) is 7.24. The molecule has 5 heteroatoms. The Morgan fingerprint density at radius 1 is 1.24 bits per heavy atom. The first kappa shape index (κ1) is 15.2. The van der Waals surface area contributed by atoms with Gasteiger partial charge in [-0.1, -0.05) is 19.9 Å². The van der Waals surface area contributed by atoms with Crippen molar-refractivity contribution in [2.45, 2.75) is 26.7 Å². The molecule has 112 valence electrons. The van der Waals surface area contributed by atoms with Gasteiger partial charge in [0.25, 0.3) is 0 Å². The van der Waals surface area contributed by atoms with E-state index in [2.05, 4.69) is 29.1 Å². The number of nitrogens with one attached hydrogen (secondary N) is 1. The fourth-order valence-corrected chi connectivity index (χ4v) is 2.22. The molecule has 2 rings (SSSR count). The molecule has 1 aromatic carbocycles. The minimum Gasteiger partial charge on any atom is -0.370 e. The number of aromatic nitrogens is 2. The molecule has 0 unspecified atom stereocenters. The Bertz CT molecular complexity index is 601. The highest BCUT2D eigenvalue weighted by Gasteiger charge is 2.14. The Hall–Kier alpha value is -2.17. The van der Waals surface area contributed by atoms with E-state index in [1.165, 1.54) is 12.1 Å². The Labute approximate surface area is 125 Å². The molecule has 0 saturated carbocycles. The molecule has 0 amide bonds. The van der Waals surface area contributed by atoms with Crippen LogP contribution in [-0.4, -0.2) is 23.6 Å². The Morgan fingerprint density at radius 2 is 2.05 bits per heavy atom. The number of halogens is 1. The van der Waals surface area contributed by atoms with Crippen molar-refractivity contribution < 1.29 is 4.39 Å². The zero-order chi connectivity index (χ0) is 15.2. The second-order valence-electron chi connectivity index (χ2n) is 4.84. The van der Waals surface area contributed by atoms with Gasteiger partial charge < -0.3 is 10.2 Å². The van der Waals surface area contributed by atoms with Crippen LogP contribution >= 0.6 is 0 Å². The zero-order valence-electron chi connectivity index (χ0n) is 12.7. The third kappa shape index (κ3) is 3.48. The van der Waals surface area contributed by atoms with Crippen molar-refractivity contribution in [2.24, 2.45) is 0 Å². The smallest absolute Gasteiger partial charge is 0.141 e. The SMILES string of the molecule is CCCNc1ncnc(N(C)c2cccc(F)c2)c1CC. The Kier molecular flexibility index (Phi) is 5.09. The number of benzene rings is 1. The molecule has 1 N–H and O–H groups in total. The molecule has 0 aliphatic heterocycles. The van der Waals surface area contributed by atoms with Gasteiger partial charge in [0.05, 0.1) is 0 Å². The predicted octanol–water partition coefficient (Wildman–Crippen LogP) is 3.77. The fraction of sp³-hybridized carbons (Fsp3) is 0.375. The normalized spacial score (nSPS) is 10.5. The van der Waals surface area contributed by atoms with Crippen LogP contribution in [0.5, 0.6) is 0 Å². The van der Waals surface area contributed by atoms with Gasteiger partial charge in [-0.25, -0.2) is 14.4 Å². The average molecular weight is 288 g/mol. The number of hydrogen-bond donors (Lipinski definition) is 1. The summed E-state index contributed by atoms with van der Waals surface area (Å²) >= 11 is 0. The Balaban J connectivity index is 2.38. The van der Waals surface area contributed by atoms with Gasteiger partial charge in [0.1, 0.15) is 23.8 Å². The molecular weight excluding hydrogens is 267 g/mol. The third-order valence-corrected chi connectivity index (χ3v) is 3.33. The molecule has 0 aliphatic carbocycles. The van der Waals surface area contributed by atoms with Crippen molar-refractivity contribution in [3.05, 3.63) is 42.0 Å². The van der Waals surface area contributed by atoms with Crippen molar-refractivity contribution in [2.75, 3.05) is 23.8 Å². The zero-order valence-corrected chi connectivity index (χ0v) is 12.7. The lowest BCUT2D eigenvalue weighted by Gasteiger charge is -2.22. The minimum absolute atomic E-state index is 0.254. The van der Waals surface area contributed by atoms with E-state index in [0.29, 0.717) is 0 Å². The lowest BCUT2D eigenvalue weighted by molar-refractivity contribution is 0.628. The van der Waals surface area contributed by atoms with Crippen molar-refractivity contribution in [1.29, 1.82) is 0 Å². The Morgan fingerprint density at radius 3 is 2.71 bits per heavy atom. The molecule has 21 heavy (non-hydrogen) atoms. The van der Waals surface area contributed by atoms with Gasteiger partial charge in [-0.05, 0) is 31.0 Å². The van der Waals surface area contributed by atoms with Gasteiger partial charge >= 0.3 is 0 Å². The van der Waals surface area contributed by atoms with E-state index in [4.69, 9.17) is 0 Å². The highest BCUT2D eigenvalue weighted by Crippen LogP contribution is 2.29. The molecule has 1 heterocycles. The number of anilines is 3. The van der Waals surface area contributed by atoms with E-state index in [0.717, 1.165) is 42.3 Å². The van der Waals surface area contributed by atoms with Crippen LogP contribution in [0.3, 0.4) is 0 Å². The quantitative estimate of drug-likeness (QED) is 0.878. The van der Waals surface area contributed by atoms with E-state index in [1.807, 2.05) is 18.0 Å². The lowest BCUT2D eigenvalue weighted by Crippen LogP contribution is -2.16. The van der Waals surface area contributed by atoms with Crippen LogP contribution in [0, 0.1) is 5.82 Å². The van der Waals surface area contributed by atoms with Gasteiger partial charge in [0, 0.05) is 24.8 Å². The van der Waals surface area contributed by atoms with Crippen molar-refractivity contribution in [3.8, 4) is 0 Å². The molecule has 0 fully saturated rings. The molecule has 0 atom stereocenters. The molecule has 0 bridgehead atoms. The van der Waals surface area contributed by atoms with E-state index in [-0.39, 0.29) is 5.82 Å². The maximum Gasteiger partial charge on any atom is 0.141 e. The van der Waals surface area contributed by atoms with E-state index in [1.54, 1.807) is 12.4 Å². The molecule has 0 saturated heterocycles. The molecule has 2 aromatic rings. The fourth-order valence-electron chi connectivity index (χ4n) is 2.22. The van der Waals surface area contributed by atoms with Crippen LogP contribution < -0.4 is 10.2 Å². The van der Waals surface area contributed by atoms with Gasteiger partial charge in [-0.2, -0.15) is 0 Å². The predicted molar refractivity (Wildman–Crippen MR) is 84.7 cm³/mol. The molecular formula is C16H21FN4. The van der Waals surface area contributed by atoms with Crippen LogP contribution in [0.15, 0.2) is 30.6 Å². The summed E-state index contributed by atoms with van der Waals surface area (Å²) < 4.78 is 13.4. The van der Waals surface area contributed by atoms with Crippen LogP contribution in [0.4, 0.5) is 21.7 Å². The lowest BCUT2D eigenvalue weighted by atomic mass is 10.2. The monoisotopic (exact) mass is 288 g/mol. The van der Waals surface area contributed by atoms with Gasteiger partial charge in [0.2, 0.25) is 0 Å². The first-order chi connectivity index (χ1) is 10.2. The van der Waals surface area contributed by atoms with E-state index < -0.39 is 0 Å². The highest BCUT2D eigenvalue weighted by molar-refractivity contribution is 5.66. The second kappa shape index (κ2) is 7.02. The average Bonchev–Trinajstić information content (AvgIpc) is 2.51. The van der Waals surface area contributed by atoms with E-state index >= 15 is 0 Å². The van der Waals surface area contributed by atoms with Crippen LogP contribution in [-0.2, 0) is 6.42 Å². The van der Waals surface area contributed by atoms with Crippen LogP contribution in [0.2, 0.25) is 0 Å². The van der Waals surface area contributed by atoms with Crippen LogP contribution in [0.1, 0.15) is 25.8 Å². The summed E-state index contributed by atoms with van der Waals surface area (Å²) in [7, 11) is 1.89. The molecule has 0 spiro atoms. The summed E-state index contributed by atoms with van der Waals surface area (Å²) in [5, 5.41) is 3.32. The summed E-state index contributed by atoms with van der Waals surface area (Å²) in [6.45, 7) is 5.05. The number of nitrogens with zero attached hydrogens (tertiary/aromatic N) is 3. The van der Waals surface area contributed by atoms with Crippen LogP contribution in [0.25, 0.3) is 0 Å². The van der Waals surface area contributed by atoms with Crippen molar-refractivity contribution in [3.63, 3.8) is 0 Å². The van der Waals surface area contributed by atoms with Gasteiger partial charge in [-0.3, -0.25) is 0 Å². The number of hydrogen-bond acceptors (Lipinski definition) is 4. The highest BCUT2D eigenvalue weighted by atomic mass is 19.1. The molecule has 0 radical (unpaired) electrons. The molecule has 4 nitrogen and oxygen atoms in total. The molecule has 1 aromatic heterocycles. The van der Waals surface area contributed by atoms with E-state index in [9.17, 15) is 4.39 Å². The maximum atomic E-state index is 13.4. The second-order valence-corrected chi connectivity index (χ2v) is 4.84. The summed E-state index contributed by atoms with van der Waals surface area (Å²) in [4.78, 5) is 10.6. The summed E-state index contributed by atoms with van der Waals surface area (Å²) in [5.41, 5.74) is 1.81. The largest absolute Gasteiger partial charge is 0.370 e. The first-order valence-corrected chi connectivity index (χ1v) is 7.24.